The Morgan fingerprint density at radius 1 is 1.19 bits per heavy atom. The second kappa shape index (κ2) is 6.43. The second-order valence-corrected chi connectivity index (χ2v) is 4.14. The summed E-state index contributed by atoms with van der Waals surface area (Å²) in [6.07, 6.45) is 5.08. The molecule has 16 heavy (non-hydrogen) atoms. The maximum absolute atomic E-state index is 11.3. The Morgan fingerprint density at radius 3 is 2.62 bits per heavy atom. The van der Waals surface area contributed by atoms with Crippen LogP contribution in [0.4, 0.5) is 0 Å². The molecule has 0 aromatic rings. The molecule has 0 amide bonds. The molecule has 90 valence electrons. The highest BCUT2D eigenvalue weighted by Gasteiger charge is 2.14. The minimum absolute atomic E-state index is 0.114. The van der Waals surface area contributed by atoms with E-state index in [1.165, 1.54) is 0 Å². The van der Waals surface area contributed by atoms with E-state index in [9.17, 15) is 14.7 Å². The van der Waals surface area contributed by atoms with Crippen LogP contribution in [-0.2, 0) is 14.3 Å². The molecule has 2 atom stereocenters. The van der Waals surface area contributed by atoms with Crippen LogP contribution in [0.2, 0.25) is 0 Å². The van der Waals surface area contributed by atoms with Crippen LogP contribution in [0, 0.1) is 0 Å². The molecule has 0 aromatic carbocycles. The number of aliphatic hydroxyl groups excluding tert-OH is 1. The number of carbonyl (C=O) groups is 2. The molecule has 1 aliphatic heterocycles. The molecule has 1 aliphatic rings. The number of ketones is 1. The highest BCUT2D eigenvalue weighted by molar-refractivity contribution is 5.98. The number of hydrogen-bond acceptors (Lipinski definition) is 4. The lowest BCUT2D eigenvalue weighted by Gasteiger charge is -2.13. The molecule has 0 unspecified atom stereocenters. The standard InChI is InChI=1S/C12H18O4/c1-9-5-3-2-4-6-10(13)11(14)7-8-12(15)16-9/h7-10,13H,2-6H2,1H3/b8-7-/t9-,10-/m0/s1. The first-order valence-corrected chi connectivity index (χ1v) is 5.70. The van der Waals surface area contributed by atoms with Gasteiger partial charge in [0.1, 0.15) is 6.10 Å². The molecule has 0 aromatic heterocycles. The number of aliphatic hydroxyl groups is 1. The highest BCUT2D eigenvalue weighted by Crippen LogP contribution is 2.11. The highest BCUT2D eigenvalue weighted by atomic mass is 16.5. The number of hydrogen-bond donors (Lipinski definition) is 1. The molecule has 0 saturated carbocycles. The van der Waals surface area contributed by atoms with Gasteiger partial charge < -0.3 is 9.84 Å². The van der Waals surface area contributed by atoms with Gasteiger partial charge in [0.15, 0.2) is 5.78 Å². The van der Waals surface area contributed by atoms with E-state index in [0.717, 1.165) is 37.8 Å². The van der Waals surface area contributed by atoms with Crippen LogP contribution in [0.3, 0.4) is 0 Å². The lowest BCUT2D eigenvalue weighted by Crippen LogP contribution is -2.20. The Bertz CT molecular complexity index is 283. The van der Waals surface area contributed by atoms with Crippen LogP contribution in [0.1, 0.15) is 39.0 Å². The normalized spacial score (nSPS) is 31.1. The van der Waals surface area contributed by atoms with E-state index in [1.807, 2.05) is 6.92 Å². The van der Waals surface area contributed by atoms with E-state index in [0.29, 0.717) is 6.42 Å². The molecular formula is C12H18O4. The van der Waals surface area contributed by atoms with E-state index in [-0.39, 0.29) is 6.10 Å². The van der Waals surface area contributed by atoms with Gasteiger partial charge in [0.2, 0.25) is 0 Å². The fourth-order valence-corrected chi connectivity index (χ4v) is 1.65. The lowest BCUT2D eigenvalue weighted by atomic mass is 10.0. The van der Waals surface area contributed by atoms with Crippen molar-refractivity contribution in [3.8, 4) is 0 Å². The summed E-state index contributed by atoms with van der Waals surface area (Å²) in [5.74, 6) is -0.946. The number of carbonyl (C=O) groups excluding carboxylic acids is 2. The smallest absolute Gasteiger partial charge is 0.331 e. The first kappa shape index (κ1) is 12.9. The number of rotatable bonds is 0. The largest absolute Gasteiger partial charge is 0.460 e. The summed E-state index contributed by atoms with van der Waals surface area (Å²) in [6, 6.07) is 0. The van der Waals surface area contributed by atoms with Gasteiger partial charge in [0.05, 0.1) is 6.10 Å². The van der Waals surface area contributed by atoms with Crippen LogP contribution < -0.4 is 0 Å². The summed E-state index contributed by atoms with van der Waals surface area (Å²) in [5, 5.41) is 9.45. The predicted octanol–water partition coefficient (Wildman–Crippen LogP) is 1.37. The molecular weight excluding hydrogens is 208 g/mol. The zero-order valence-electron chi connectivity index (χ0n) is 9.52. The Balaban J connectivity index is 2.61. The molecule has 4 nitrogen and oxygen atoms in total. The van der Waals surface area contributed by atoms with E-state index < -0.39 is 17.9 Å². The first-order chi connectivity index (χ1) is 7.59. The van der Waals surface area contributed by atoms with E-state index in [4.69, 9.17) is 4.74 Å². The molecule has 0 aliphatic carbocycles. The van der Waals surface area contributed by atoms with E-state index in [2.05, 4.69) is 0 Å². The van der Waals surface area contributed by atoms with Crippen molar-refractivity contribution in [3.05, 3.63) is 12.2 Å². The van der Waals surface area contributed by atoms with Gasteiger partial charge in [0.25, 0.3) is 0 Å². The van der Waals surface area contributed by atoms with E-state index in [1.54, 1.807) is 0 Å². The van der Waals surface area contributed by atoms with Crippen molar-refractivity contribution >= 4 is 11.8 Å². The van der Waals surface area contributed by atoms with Crippen molar-refractivity contribution in [3.63, 3.8) is 0 Å². The SMILES string of the molecule is C[C@H]1CCCCC[C@H](O)C(=O)/C=C\C(=O)O1. The van der Waals surface area contributed by atoms with Gasteiger partial charge in [-0.2, -0.15) is 0 Å². The Hall–Kier alpha value is -1.16. The van der Waals surface area contributed by atoms with Gasteiger partial charge >= 0.3 is 5.97 Å². The molecule has 1 heterocycles. The Kier molecular flexibility index (Phi) is 5.19. The molecule has 0 spiro atoms. The molecule has 1 rings (SSSR count). The maximum Gasteiger partial charge on any atom is 0.331 e. The fraction of sp³-hybridized carbons (Fsp3) is 0.667. The van der Waals surface area contributed by atoms with Crippen LogP contribution in [0.5, 0.6) is 0 Å². The minimum Gasteiger partial charge on any atom is -0.460 e. The van der Waals surface area contributed by atoms with Crippen LogP contribution >= 0.6 is 0 Å². The van der Waals surface area contributed by atoms with E-state index >= 15 is 0 Å². The zero-order chi connectivity index (χ0) is 12.0. The Labute approximate surface area is 95.3 Å². The number of cyclic esters (lactones) is 1. The van der Waals surface area contributed by atoms with Gasteiger partial charge in [-0.1, -0.05) is 12.8 Å². The van der Waals surface area contributed by atoms with Crippen molar-refractivity contribution < 1.29 is 19.4 Å². The fourth-order valence-electron chi connectivity index (χ4n) is 1.65. The summed E-state index contributed by atoms with van der Waals surface area (Å²) >= 11 is 0. The van der Waals surface area contributed by atoms with Gasteiger partial charge in [0, 0.05) is 6.08 Å². The van der Waals surface area contributed by atoms with Gasteiger partial charge in [-0.3, -0.25) is 4.79 Å². The minimum atomic E-state index is -0.985. The Morgan fingerprint density at radius 2 is 1.88 bits per heavy atom. The third kappa shape index (κ3) is 4.57. The second-order valence-electron chi connectivity index (χ2n) is 4.14. The van der Waals surface area contributed by atoms with Crippen molar-refractivity contribution in [1.82, 2.24) is 0 Å². The van der Waals surface area contributed by atoms with Gasteiger partial charge in [-0.15, -0.1) is 0 Å². The molecule has 0 saturated heterocycles. The third-order valence-electron chi connectivity index (χ3n) is 2.62. The molecule has 0 radical (unpaired) electrons. The predicted molar refractivity (Wildman–Crippen MR) is 58.8 cm³/mol. The summed E-state index contributed by atoms with van der Waals surface area (Å²) in [5.41, 5.74) is 0. The lowest BCUT2D eigenvalue weighted by molar-refractivity contribution is -0.142. The van der Waals surface area contributed by atoms with Crippen molar-refractivity contribution in [2.75, 3.05) is 0 Å². The molecule has 0 bridgehead atoms. The topological polar surface area (TPSA) is 63.6 Å². The first-order valence-electron chi connectivity index (χ1n) is 5.70. The number of esters is 1. The monoisotopic (exact) mass is 226 g/mol. The summed E-state index contributed by atoms with van der Waals surface area (Å²) in [6.45, 7) is 1.84. The number of ether oxygens (including phenoxy) is 1. The van der Waals surface area contributed by atoms with Crippen molar-refractivity contribution in [1.29, 1.82) is 0 Å². The van der Waals surface area contributed by atoms with Crippen molar-refractivity contribution in [2.45, 2.75) is 51.2 Å². The third-order valence-corrected chi connectivity index (χ3v) is 2.62. The van der Waals surface area contributed by atoms with Crippen LogP contribution in [-0.4, -0.2) is 29.1 Å². The van der Waals surface area contributed by atoms with Crippen molar-refractivity contribution in [2.24, 2.45) is 0 Å². The average molecular weight is 226 g/mol. The summed E-state index contributed by atoms with van der Waals surface area (Å²) in [4.78, 5) is 22.5. The van der Waals surface area contributed by atoms with Gasteiger partial charge in [-0.05, 0) is 32.3 Å². The van der Waals surface area contributed by atoms with Crippen LogP contribution in [0.25, 0.3) is 0 Å². The quantitative estimate of drug-likeness (QED) is 0.634. The summed E-state index contributed by atoms with van der Waals surface area (Å²) in [7, 11) is 0. The average Bonchev–Trinajstić information content (AvgIpc) is 2.23. The molecule has 4 heteroatoms. The van der Waals surface area contributed by atoms with Gasteiger partial charge in [-0.25, -0.2) is 4.79 Å². The maximum atomic E-state index is 11.3. The zero-order valence-corrected chi connectivity index (χ0v) is 9.52. The van der Waals surface area contributed by atoms with Crippen LogP contribution in [0.15, 0.2) is 12.2 Å². The molecule has 1 N–H and O–H groups in total. The molecule has 0 fully saturated rings. The summed E-state index contributed by atoms with van der Waals surface area (Å²) < 4.78 is 5.05.